The molecule has 0 saturated carbocycles. The molecule has 0 N–H and O–H groups in total. The monoisotopic (exact) mass is 352 g/mol. The second-order valence-electron chi connectivity index (χ2n) is 6.90. The van der Waals surface area contributed by atoms with Crippen molar-refractivity contribution in [1.82, 2.24) is 9.21 Å². The van der Waals surface area contributed by atoms with E-state index in [1.165, 1.54) is 6.42 Å². The number of piperidine rings is 1. The highest BCUT2D eigenvalue weighted by atomic mass is 32.2. The molecule has 0 aliphatic carbocycles. The summed E-state index contributed by atoms with van der Waals surface area (Å²) in [5.41, 5.74) is 1.08. The zero-order valence-electron chi connectivity index (χ0n) is 14.5. The van der Waals surface area contributed by atoms with Gasteiger partial charge in [-0.1, -0.05) is 17.7 Å². The molecule has 0 unspecified atom stereocenters. The lowest BCUT2D eigenvalue weighted by Crippen LogP contribution is -2.40. The van der Waals surface area contributed by atoms with E-state index in [0.29, 0.717) is 23.9 Å². The van der Waals surface area contributed by atoms with Crippen LogP contribution < -0.4 is 0 Å². The van der Waals surface area contributed by atoms with Crippen LogP contribution in [-0.2, 0) is 14.8 Å². The lowest BCUT2D eigenvalue weighted by Gasteiger charge is -2.33. The van der Waals surface area contributed by atoms with Gasteiger partial charge in [0.2, 0.25) is 10.0 Å². The van der Waals surface area contributed by atoms with Gasteiger partial charge in [0.25, 0.3) is 0 Å². The van der Waals surface area contributed by atoms with Gasteiger partial charge < -0.3 is 4.74 Å². The fourth-order valence-corrected chi connectivity index (χ4v) is 4.96. The molecule has 3 rings (SSSR count). The highest BCUT2D eigenvalue weighted by molar-refractivity contribution is 7.89. The molecule has 2 fully saturated rings. The summed E-state index contributed by atoms with van der Waals surface area (Å²) < 4.78 is 32.5. The number of nitrogens with zero attached hydrogens (tertiary/aromatic N) is 2. The maximum Gasteiger partial charge on any atom is 0.243 e. The Kier molecular flexibility index (Phi) is 5.92. The van der Waals surface area contributed by atoms with E-state index in [4.69, 9.17) is 4.74 Å². The van der Waals surface area contributed by atoms with E-state index >= 15 is 0 Å². The van der Waals surface area contributed by atoms with E-state index in [1.807, 2.05) is 19.1 Å². The Labute approximate surface area is 145 Å². The summed E-state index contributed by atoms with van der Waals surface area (Å²) in [5, 5.41) is 0. The van der Waals surface area contributed by atoms with Crippen LogP contribution in [0, 0.1) is 12.8 Å². The number of rotatable bonds is 5. The van der Waals surface area contributed by atoms with Crippen molar-refractivity contribution in [3.05, 3.63) is 29.8 Å². The van der Waals surface area contributed by atoms with E-state index < -0.39 is 10.0 Å². The first-order chi connectivity index (χ1) is 11.6. The summed E-state index contributed by atoms with van der Waals surface area (Å²) in [5.74, 6) is 0.636. The Morgan fingerprint density at radius 1 is 1.04 bits per heavy atom. The smallest absolute Gasteiger partial charge is 0.243 e. The molecule has 0 atom stereocenters. The minimum atomic E-state index is -3.33. The molecule has 6 heteroatoms. The maximum atomic E-state index is 12.7. The molecule has 0 aromatic heterocycles. The molecule has 2 heterocycles. The molecule has 1 aromatic rings. The van der Waals surface area contributed by atoms with Crippen LogP contribution in [0.2, 0.25) is 0 Å². The lowest BCUT2D eigenvalue weighted by atomic mass is 9.94. The maximum absolute atomic E-state index is 12.7. The van der Waals surface area contributed by atoms with Crippen LogP contribution in [0.5, 0.6) is 0 Å². The first-order valence-corrected chi connectivity index (χ1v) is 10.4. The fraction of sp³-hybridized carbons (Fsp3) is 0.667. The van der Waals surface area contributed by atoms with Crippen LogP contribution >= 0.6 is 0 Å². The molecular formula is C18H28N2O3S. The highest BCUT2D eigenvalue weighted by Crippen LogP contribution is 2.26. The van der Waals surface area contributed by atoms with Crippen molar-refractivity contribution >= 4 is 10.0 Å². The van der Waals surface area contributed by atoms with E-state index in [9.17, 15) is 8.42 Å². The van der Waals surface area contributed by atoms with Crippen LogP contribution in [0.25, 0.3) is 0 Å². The molecule has 0 radical (unpaired) electrons. The molecule has 2 saturated heterocycles. The average molecular weight is 353 g/mol. The van der Waals surface area contributed by atoms with Crippen molar-refractivity contribution in [2.24, 2.45) is 5.92 Å². The normalized spacial score (nSPS) is 21.9. The molecule has 0 amide bonds. The van der Waals surface area contributed by atoms with Crippen molar-refractivity contribution in [3.63, 3.8) is 0 Å². The summed E-state index contributed by atoms with van der Waals surface area (Å²) in [6.07, 6.45) is 3.10. The number of ether oxygens (including phenoxy) is 1. The van der Waals surface area contributed by atoms with Crippen molar-refractivity contribution in [3.8, 4) is 0 Å². The van der Waals surface area contributed by atoms with Crippen molar-refractivity contribution in [1.29, 1.82) is 0 Å². The number of hydrogen-bond donors (Lipinski definition) is 0. The minimum Gasteiger partial charge on any atom is -0.379 e. The van der Waals surface area contributed by atoms with E-state index in [2.05, 4.69) is 4.90 Å². The number of sulfonamides is 1. The molecule has 2 aliphatic heterocycles. The number of aryl methyl sites for hydroxylation is 1. The minimum absolute atomic E-state index is 0.417. The average Bonchev–Trinajstić information content (AvgIpc) is 2.61. The third kappa shape index (κ3) is 4.36. The molecule has 5 nitrogen and oxygen atoms in total. The Morgan fingerprint density at radius 2 is 1.67 bits per heavy atom. The number of benzene rings is 1. The van der Waals surface area contributed by atoms with Gasteiger partial charge in [-0.15, -0.1) is 0 Å². The Bertz CT molecular complexity index is 616. The van der Waals surface area contributed by atoms with Gasteiger partial charge in [-0.05, 0) is 50.8 Å². The number of morpholine rings is 1. The molecule has 24 heavy (non-hydrogen) atoms. The third-order valence-corrected chi connectivity index (χ3v) is 7.10. The standard InChI is InChI=1S/C18H28N2O3S/c1-16-2-4-18(5-3-16)24(21,22)20-10-7-17(8-11-20)6-9-19-12-14-23-15-13-19/h2-5,17H,6-15H2,1H3. The van der Waals surface area contributed by atoms with E-state index in [-0.39, 0.29) is 0 Å². The van der Waals surface area contributed by atoms with Crippen LogP contribution in [0.1, 0.15) is 24.8 Å². The van der Waals surface area contributed by atoms with Gasteiger partial charge in [-0.3, -0.25) is 4.90 Å². The highest BCUT2D eigenvalue weighted by Gasteiger charge is 2.29. The zero-order chi connectivity index (χ0) is 17.0. The summed E-state index contributed by atoms with van der Waals surface area (Å²) in [7, 11) is -3.33. The molecular weight excluding hydrogens is 324 g/mol. The molecule has 0 spiro atoms. The van der Waals surface area contributed by atoms with E-state index in [1.54, 1.807) is 16.4 Å². The van der Waals surface area contributed by atoms with E-state index in [0.717, 1.165) is 51.3 Å². The van der Waals surface area contributed by atoms with Crippen molar-refractivity contribution in [2.75, 3.05) is 45.9 Å². The Balaban J connectivity index is 1.49. The first-order valence-electron chi connectivity index (χ1n) is 8.92. The van der Waals surface area contributed by atoms with Gasteiger partial charge in [0, 0.05) is 26.2 Å². The third-order valence-electron chi connectivity index (χ3n) is 5.19. The van der Waals surface area contributed by atoms with Crippen LogP contribution in [0.15, 0.2) is 29.2 Å². The van der Waals surface area contributed by atoms with Gasteiger partial charge in [0.05, 0.1) is 18.1 Å². The summed E-state index contributed by atoms with van der Waals surface area (Å²) in [6, 6.07) is 7.16. The van der Waals surface area contributed by atoms with Crippen LogP contribution in [0.3, 0.4) is 0 Å². The second kappa shape index (κ2) is 7.95. The molecule has 0 bridgehead atoms. The molecule has 2 aliphatic rings. The Morgan fingerprint density at radius 3 is 2.29 bits per heavy atom. The quantitative estimate of drug-likeness (QED) is 0.814. The van der Waals surface area contributed by atoms with Crippen LogP contribution in [0.4, 0.5) is 0 Å². The summed E-state index contributed by atoms with van der Waals surface area (Å²) >= 11 is 0. The van der Waals surface area contributed by atoms with Gasteiger partial charge in [0.15, 0.2) is 0 Å². The molecule has 134 valence electrons. The lowest BCUT2D eigenvalue weighted by molar-refractivity contribution is 0.0343. The van der Waals surface area contributed by atoms with Gasteiger partial charge in [0.1, 0.15) is 0 Å². The molecule has 1 aromatic carbocycles. The predicted molar refractivity (Wildman–Crippen MR) is 94.5 cm³/mol. The second-order valence-corrected chi connectivity index (χ2v) is 8.84. The largest absolute Gasteiger partial charge is 0.379 e. The fourth-order valence-electron chi connectivity index (χ4n) is 3.49. The zero-order valence-corrected chi connectivity index (χ0v) is 15.3. The van der Waals surface area contributed by atoms with Crippen molar-refractivity contribution in [2.45, 2.75) is 31.1 Å². The topological polar surface area (TPSA) is 49.9 Å². The van der Waals surface area contributed by atoms with Gasteiger partial charge in [-0.2, -0.15) is 4.31 Å². The Hall–Kier alpha value is -0.950. The van der Waals surface area contributed by atoms with Gasteiger partial charge >= 0.3 is 0 Å². The first kappa shape index (κ1) is 17.9. The van der Waals surface area contributed by atoms with Gasteiger partial charge in [-0.25, -0.2) is 8.42 Å². The SMILES string of the molecule is Cc1ccc(S(=O)(=O)N2CCC(CCN3CCOCC3)CC2)cc1. The van der Waals surface area contributed by atoms with Crippen molar-refractivity contribution < 1.29 is 13.2 Å². The summed E-state index contributed by atoms with van der Waals surface area (Å²) in [6.45, 7) is 8.10. The van der Waals surface area contributed by atoms with Crippen LogP contribution in [-0.4, -0.2) is 63.6 Å². The summed E-state index contributed by atoms with van der Waals surface area (Å²) in [4.78, 5) is 2.87. The predicted octanol–water partition coefficient (Wildman–Crippen LogP) is 2.12. The number of hydrogen-bond acceptors (Lipinski definition) is 4.